The van der Waals surface area contributed by atoms with E-state index >= 15 is 0 Å². The van der Waals surface area contributed by atoms with Crippen molar-refractivity contribution in [2.75, 3.05) is 7.11 Å². The number of hydrogen-bond acceptors (Lipinski definition) is 3. The summed E-state index contributed by atoms with van der Waals surface area (Å²) in [6, 6.07) is 5.99. The summed E-state index contributed by atoms with van der Waals surface area (Å²) in [6.07, 6.45) is 1.98. The SMILES string of the molecule is COc1ccc2c(c1)n(C)c1nc(CN)cn21. The molecule has 0 fully saturated rings. The van der Waals surface area contributed by atoms with Crippen LogP contribution in [0.2, 0.25) is 0 Å². The van der Waals surface area contributed by atoms with Crippen molar-refractivity contribution in [3.63, 3.8) is 0 Å². The number of aromatic nitrogens is 3. The maximum Gasteiger partial charge on any atom is 0.214 e. The van der Waals surface area contributed by atoms with Crippen LogP contribution < -0.4 is 10.5 Å². The molecule has 2 N–H and O–H groups in total. The van der Waals surface area contributed by atoms with Crippen LogP contribution in [0.25, 0.3) is 16.8 Å². The molecule has 3 rings (SSSR count). The van der Waals surface area contributed by atoms with E-state index in [1.165, 1.54) is 0 Å². The molecule has 88 valence electrons. The van der Waals surface area contributed by atoms with Gasteiger partial charge in [0.05, 0.1) is 23.8 Å². The molecule has 0 aliphatic carbocycles. The third kappa shape index (κ3) is 1.32. The second-order valence-electron chi connectivity index (χ2n) is 4.02. The van der Waals surface area contributed by atoms with E-state index in [9.17, 15) is 0 Å². The summed E-state index contributed by atoms with van der Waals surface area (Å²) in [5.74, 6) is 1.74. The molecule has 0 bridgehead atoms. The third-order valence-corrected chi connectivity index (χ3v) is 3.05. The molecule has 5 nitrogen and oxygen atoms in total. The standard InChI is InChI=1S/C12H14N4O/c1-15-11-5-9(17-2)3-4-10(11)16-7-8(6-13)14-12(15)16/h3-5,7H,6,13H2,1-2H3. The summed E-state index contributed by atoms with van der Waals surface area (Å²) in [6.45, 7) is 0.458. The smallest absolute Gasteiger partial charge is 0.214 e. The zero-order valence-electron chi connectivity index (χ0n) is 9.84. The Morgan fingerprint density at radius 1 is 1.35 bits per heavy atom. The number of benzene rings is 1. The molecule has 2 heterocycles. The summed E-state index contributed by atoms with van der Waals surface area (Å²) < 4.78 is 9.32. The molecule has 0 aliphatic heterocycles. The molecule has 3 aromatic rings. The average Bonchev–Trinajstić information content (AvgIpc) is 2.89. The molecule has 0 atom stereocenters. The predicted octanol–water partition coefficient (Wildman–Crippen LogP) is 1.29. The van der Waals surface area contributed by atoms with Gasteiger partial charge in [0, 0.05) is 25.9 Å². The highest BCUT2D eigenvalue weighted by Gasteiger charge is 2.11. The van der Waals surface area contributed by atoms with Crippen LogP contribution in [-0.4, -0.2) is 21.1 Å². The Bertz CT molecular complexity index is 693. The Kier molecular flexibility index (Phi) is 2.09. The van der Waals surface area contributed by atoms with Gasteiger partial charge in [-0.05, 0) is 12.1 Å². The number of methoxy groups -OCH3 is 1. The van der Waals surface area contributed by atoms with Gasteiger partial charge >= 0.3 is 0 Å². The average molecular weight is 230 g/mol. The van der Waals surface area contributed by atoms with E-state index in [0.29, 0.717) is 6.54 Å². The van der Waals surface area contributed by atoms with E-state index in [0.717, 1.165) is 28.3 Å². The fraction of sp³-hybridized carbons (Fsp3) is 0.250. The summed E-state index contributed by atoms with van der Waals surface area (Å²) in [7, 11) is 3.66. The maximum absolute atomic E-state index is 5.61. The molecule has 0 unspecified atom stereocenters. The van der Waals surface area contributed by atoms with Gasteiger partial charge in [0.2, 0.25) is 5.78 Å². The van der Waals surface area contributed by atoms with Gasteiger partial charge in [0.15, 0.2) is 0 Å². The molecule has 0 spiro atoms. The van der Waals surface area contributed by atoms with Crippen molar-refractivity contribution in [3.8, 4) is 5.75 Å². The van der Waals surface area contributed by atoms with Crippen molar-refractivity contribution in [2.45, 2.75) is 6.54 Å². The third-order valence-electron chi connectivity index (χ3n) is 3.05. The maximum atomic E-state index is 5.61. The first kappa shape index (κ1) is 10.2. The Labute approximate surface area is 98.4 Å². The minimum atomic E-state index is 0.458. The number of hydrogen-bond donors (Lipinski definition) is 1. The normalized spacial score (nSPS) is 11.5. The van der Waals surface area contributed by atoms with Gasteiger partial charge in [0.1, 0.15) is 5.75 Å². The quantitative estimate of drug-likeness (QED) is 0.721. The Morgan fingerprint density at radius 3 is 2.88 bits per heavy atom. The zero-order valence-corrected chi connectivity index (χ0v) is 9.84. The lowest BCUT2D eigenvalue weighted by atomic mass is 10.3. The second-order valence-corrected chi connectivity index (χ2v) is 4.02. The van der Waals surface area contributed by atoms with Crippen molar-refractivity contribution < 1.29 is 4.74 Å². The van der Waals surface area contributed by atoms with E-state index in [2.05, 4.69) is 9.38 Å². The molecule has 0 saturated carbocycles. The molecule has 0 amide bonds. The van der Waals surface area contributed by atoms with Crippen molar-refractivity contribution >= 4 is 16.8 Å². The van der Waals surface area contributed by atoms with Gasteiger partial charge in [0.25, 0.3) is 0 Å². The number of aryl methyl sites for hydroxylation is 1. The van der Waals surface area contributed by atoms with Gasteiger partial charge in [-0.15, -0.1) is 0 Å². The van der Waals surface area contributed by atoms with E-state index in [4.69, 9.17) is 10.5 Å². The molecule has 0 radical (unpaired) electrons. The van der Waals surface area contributed by atoms with Crippen molar-refractivity contribution in [2.24, 2.45) is 12.8 Å². The first-order valence-corrected chi connectivity index (χ1v) is 5.45. The molecule has 17 heavy (non-hydrogen) atoms. The second kappa shape index (κ2) is 3.49. The van der Waals surface area contributed by atoms with Gasteiger partial charge in [-0.25, -0.2) is 4.98 Å². The lowest BCUT2D eigenvalue weighted by Crippen LogP contribution is -1.96. The van der Waals surface area contributed by atoms with Crippen molar-refractivity contribution in [1.29, 1.82) is 0 Å². The van der Waals surface area contributed by atoms with E-state index in [1.54, 1.807) is 7.11 Å². The first-order chi connectivity index (χ1) is 8.24. The number of ether oxygens (including phenoxy) is 1. The molecular formula is C12H14N4O. The number of rotatable bonds is 2. The van der Waals surface area contributed by atoms with Crippen molar-refractivity contribution in [3.05, 3.63) is 30.1 Å². The molecule has 1 aromatic carbocycles. The number of fused-ring (bicyclic) bond motifs is 3. The van der Waals surface area contributed by atoms with Crippen LogP contribution >= 0.6 is 0 Å². The van der Waals surface area contributed by atoms with Crippen LogP contribution in [0.3, 0.4) is 0 Å². The lowest BCUT2D eigenvalue weighted by Gasteiger charge is -2.00. The van der Waals surface area contributed by atoms with Crippen LogP contribution in [-0.2, 0) is 13.6 Å². The monoisotopic (exact) mass is 230 g/mol. The first-order valence-electron chi connectivity index (χ1n) is 5.45. The number of nitrogens with two attached hydrogens (primary N) is 1. The van der Waals surface area contributed by atoms with Crippen LogP contribution in [0.4, 0.5) is 0 Å². The Balaban J connectivity index is 2.39. The summed E-state index contributed by atoms with van der Waals surface area (Å²) in [4.78, 5) is 4.48. The summed E-state index contributed by atoms with van der Waals surface area (Å²) in [5.41, 5.74) is 8.70. The fourth-order valence-electron chi connectivity index (χ4n) is 2.14. The highest BCUT2D eigenvalue weighted by molar-refractivity contribution is 5.82. The Morgan fingerprint density at radius 2 is 2.18 bits per heavy atom. The number of imidazole rings is 2. The highest BCUT2D eigenvalue weighted by Crippen LogP contribution is 2.24. The molecule has 2 aromatic heterocycles. The minimum Gasteiger partial charge on any atom is -0.497 e. The van der Waals surface area contributed by atoms with Crippen LogP contribution in [0.15, 0.2) is 24.4 Å². The van der Waals surface area contributed by atoms with Gasteiger partial charge in [-0.1, -0.05) is 0 Å². The largest absolute Gasteiger partial charge is 0.497 e. The van der Waals surface area contributed by atoms with Gasteiger partial charge in [-0.2, -0.15) is 0 Å². The topological polar surface area (TPSA) is 57.5 Å². The summed E-state index contributed by atoms with van der Waals surface area (Å²) in [5, 5.41) is 0. The number of nitrogens with zero attached hydrogens (tertiary/aromatic N) is 3. The van der Waals surface area contributed by atoms with Gasteiger partial charge < -0.3 is 15.0 Å². The fourth-order valence-corrected chi connectivity index (χ4v) is 2.14. The summed E-state index contributed by atoms with van der Waals surface area (Å²) >= 11 is 0. The van der Waals surface area contributed by atoms with Gasteiger partial charge in [-0.3, -0.25) is 4.40 Å². The predicted molar refractivity (Wildman–Crippen MR) is 66.1 cm³/mol. The van der Waals surface area contributed by atoms with Crippen LogP contribution in [0, 0.1) is 0 Å². The minimum absolute atomic E-state index is 0.458. The molecular weight excluding hydrogens is 216 g/mol. The molecule has 0 saturated heterocycles. The van der Waals surface area contributed by atoms with E-state index in [-0.39, 0.29) is 0 Å². The molecule has 0 aliphatic rings. The zero-order chi connectivity index (χ0) is 12.0. The van der Waals surface area contributed by atoms with Crippen LogP contribution in [0.5, 0.6) is 5.75 Å². The molecule has 5 heteroatoms. The Hall–Kier alpha value is -2.01. The van der Waals surface area contributed by atoms with Crippen molar-refractivity contribution in [1.82, 2.24) is 14.0 Å². The van der Waals surface area contributed by atoms with E-state index in [1.807, 2.05) is 36.0 Å². The highest BCUT2D eigenvalue weighted by atomic mass is 16.5. The lowest BCUT2D eigenvalue weighted by molar-refractivity contribution is 0.415. The van der Waals surface area contributed by atoms with Crippen LogP contribution in [0.1, 0.15) is 5.69 Å². The van der Waals surface area contributed by atoms with E-state index < -0.39 is 0 Å².